The largest absolute Gasteiger partial charge is 0.323 e. The first kappa shape index (κ1) is 20.6. The number of aromatic nitrogens is 3. The normalized spacial score (nSPS) is 19.4. The number of carbonyl (C=O) groups excluding carboxylic acids is 1. The molecule has 2 aromatic heterocycles. The lowest BCUT2D eigenvalue weighted by Gasteiger charge is -2.35. The Kier molecular flexibility index (Phi) is 5.92. The predicted octanol–water partition coefficient (Wildman–Crippen LogP) is 4.00. The molecule has 7 nitrogen and oxygen atoms in total. The Morgan fingerprint density at radius 2 is 2.10 bits per heavy atom. The first-order chi connectivity index (χ1) is 14.4. The second-order valence-electron chi connectivity index (χ2n) is 7.87. The molecule has 1 fully saturated rings. The van der Waals surface area contributed by atoms with Gasteiger partial charge in [0.2, 0.25) is 0 Å². The van der Waals surface area contributed by atoms with Crippen molar-refractivity contribution >= 4 is 34.0 Å². The molecule has 4 rings (SSSR count). The number of alkyl halides is 1. The first-order valence-corrected chi connectivity index (χ1v) is 10.9. The maximum atomic E-state index is 14.5. The summed E-state index contributed by atoms with van der Waals surface area (Å²) in [6.45, 7) is 6.49. The number of benzene rings is 1. The van der Waals surface area contributed by atoms with Gasteiger partial charge in [-0.05, 0) is 30.9 Å². The number of amides is 2. The van der Waals surface area contributed by atoms with Crippen LogP contribution in [0.15, 0.2) is 30.5 Å². The van der Waals surface area contributed by atoms with Gasteiger partial charge in [-0.15, -0.1) is 10.2 Å². The summed E-state index contributed by atoms with van der Waals surface area (Å²) in [4.78, 5) is 18.5. The second kappa shape index (κ2) is 8.61. The number of halogens is 1. The zero-order valence-corrected chi connectivity index (χ0v) is 18.0. The minimum Gasteiger partial charge on any atom is -0.321 e. The van der Waals surface area contributed by atoms with Gasteiger partial charge in [-0.3, -0.25) is 5.32 Å². The van der Waals surface area contributed by atoms with E-state index in [4.69, 9.17) is 0 Å². The van der Waals surface area contributed by atoms with Gasteiger partial charge in [-0.25, -0.2) is 14.2 Å². The van der Waals surface area contributed by atoms with Crippen LogP contribution in [0.1, 0.15) is 25.3 Å². The fraction of sp³-hybridized carbons (Fsp3) is 0.429. The molecule has 2 amide bonds. The van der Waals surface area contributed by atoms with Crippen LogP contribution in [-0.2, 0) is 0 Å². The Labute approximate surface area is 178 Å². The third kappa shape index (κ3) is 4.57. The number of pyridine rings is 1. The molecule has 1 aliphatic heterocycles. The number of piperidine rings is 1. The maximum Gasteiger partial charge on any atom is 0.323 e. The van der Waals surface area contributed by atoms with Crippen LogP contribution >= 0.6 is 11.3 Å². The van der Waals surface area contributed by atoms with Gasteiger partial charge in [-0.2, -0.15) is 0 Å². The molecule has 2 atom stereocenters. The van der Waals surface area contributed by atoms with Crippen molar-refractivity contribution in [2.75, 3.05) is 18.4 Å². The lowest BCUT2D eigenvalue weighted by molar-refractivity contribution is 0.119. The number of likely N-dealkylation sites (tertiary alicyclic amines) is 1. The highest BCUT2D eigenvalue weighted by Crippen LogP contribution is 2.27. The van der Waals surface area contributed by atoms with Crippen molar-refractivity contribution in [1.29, 1.82) is 0 Å². The van der Waals surface area contributed by atoms with Gasteiger partial charge in [0.05, 0.1) is 6.54 Å². The van der Waals surface area contributed by atoms with Gasteiger partial charge in [0.1, 0.15) is 22.0 Å². The van der Waals surface area contributed by atoms with Gasteiger partial charge >= 0.3 is 6.03 Å². The fourth-order valence-electron chi connectivity index (χ4n) is 3.65. The Bertz CT molecular complexity index is 1050. The van der Waals surface area contributed by atoms with E-state index in [0.717, 1.165) is 26.4 Å². The zero-order valence-electron chi connectivity index (χ0n) is 17.2. The van der Waals surface area contributed by atoms with Gasteiger partial charge in [0, 0.05) is 35.8 Å². The number of nitrogens with one attached hydrogen (secondary N) is 2. The van der Waals surface area contributed by atoms with Crippen molar-refractivity contribution in [2.24, 2.45) is 0 Å². The van der Waals surface area contributed by atoms with E-state index in [-0.39, 0.29) is 24.7 Å². The summed E-state index contributed by atoms with van der Waals surface area (Å²) in [6.07, 6.45) is 1.22. The molecule has 1 aliphatic rings. The third-order valence-corrected chi connectivity index (χ3v) is 5.99. The molecule has 0 bridgehead atoms. The third-order valence-electron chi connectivity index (χ3n) is 5.11. The molecule has 158 valence electrons. The highest BCUT2D eigenvalue weighted by molar-refractivity contribution is 7.14. The Balaban J connectivity index is 1.46. The van der Waals surface area contributed by atoms with E-state index >= 15 is 0 Å². The lowest BCUT2D eigenvalue weighted by Crippen LogP contribution is -2.54. The summed E-state index contributed by atoms with van der Waals surface area (Å²) in [5, 5.41) is 18.0. The van der Waals surface area contributed by atoms with E-state index in [9.17, 15) is 9.18 Å². The van der Waals surface area contributed by atoms with E-state index in [1.165, 1.54) is 16.2 Å². The number of aryl methyl sites for hydroxylation is 1. The molecular formula is C21H25FN6OS. The van der Waals surface area contributed by atoms with Gasteiger partial charge < -0.3 is 10.2 Å². The summed E-state index contributed by atoms with van der Waals surface area (Å²) in [5.41, 5.74) is 0.969. The fourth-order valence-corrected chi connectivity index (χ4v) is 4.34. The van der Waals surface area contributed by atoms with Crippen molar-refractivity contribution in [2.45, 2.75) is 45.4 Å². The first-order valence-electron chi connectivity index (χ1n) is 10.1. The Hall–Kier alpha value is -2.65. The molecule has 0 unspecified atom stereocenters. The van der Waals surface area contributed by atoms with Crippen LogP contribution in [0.25, 0.3) is 21.3 Å². The van der Waals surface area contributed by atoms with Crippen LogP contribution in [0, 0.1) is 6.92 Å². The topological polar surface area (TPSA) is 83.0 Å². The number of fused-ring (bicyclic) bond motifs is 1. The van der Waals surface area contributed by atoms with Crippen LogP contribution in [0.4, 0.5) is 15.0 Å². The standard InChI is InChI=1S/C21H25FN6OS/c1-12(2)24-18-6-7-28(11-17(18)22)21(29)25-19-9-16-8-14(4-5-15(16)10-23-19)20-27-26-13(3)30-20/h4-5,8-10,12,17-18,24H,6-7,11H2,1-3H3,(H,23,25,29)/t17-,18-/m0/s1. The van der Waals surface area contributed by atoms with Crippen molar-refractivity contribution in [1.82, 2.24) is 25.4 Å². The van der Waals surface area contributed by atoms with E-state index in [2.05, 4.69) is 25.8 Å². The Morgan fingerprint density at radius 3 is 2.80 bits per heavy atom. The molecule has 0 saturated carbocycles. The van der Waals surface area contributed by atoms with Crippen LogP contribution in [0.2, 0.25) is 0 Å². The van der Waals surface area contributed by atoms with Crippen molar-refractivity contribution in [3.05, 3.63) is 35.5 Å². The molecule has 30 heavy (non-hydrogen) atoms. The molecule has 3 heterocycles. The maximum absolute atomic E-state index is 14.5. The average Bonchev–Trinajstić information content (AvgIpc) is 3.15. The van der Waals surface area contributed by atoms with Crippen molar-refractivity contribution in [3.63, 3.8) is 0 Å². The van der Waals surface area contributed by atoms with Gasteiger partial charge in [0.15, 0.2) is 0 Å². The molecule has 2 N–H and O–H groups in total. The van der Waals surface area contributed by atoms with E-state index in [1.807, 2.05) is 45.0 Å². The summed E-state index contributed by atoms with van der Waals surface area (Å²) in [6, 6.07) is 7.46. The number of anilines is 1. The van der Waals surface area contributed by atoms with Crippen LogP contribution in [0.5, 0.6) is 0 Å². The number of urea groups is 1. The van der Waals surface area contributed by atoms with Gasteiger partial charge in [0.25, 0.3) is 0 Å². The summed E-state index contributed by atoms with van der Waals surface area (Å²) in [5.74, 6) is 0.441. The van der Waals surface area contributed by atoms with E-state index in [0.29, 0.717) is 18.8 Å². The number of hydrogen-bond donors (Lipinski definition) is 2. The quantitative estimate of drug-likeness (QED) is 0.656. The number of hydrogen-bond acceptors (Lipinski definition) is 6. The van der Waals surface area contributed by atoms with Crippen LogP contribution < -0.4 is 10.6 Å². The highest BCUT2D eigenvalue weighted by atomic mass is 32.1. The smallest absolute Gasteiger partial charge is 0.321 e. The number of nitrogens with zero attached hydrogens (tertiary/aromatic N) is 4. The SMILES string of the molecule is Cc1nnc(-c2ccc3cnc(NC(=O)N4CC[C@H](NC(C)C)[C@@H](F)C4)cc3c2)s1. The van der Waals surface area contributed by atoms with Crippen LogP contribution in [-0.4, -0.2) is 57.5 Å². The molecule has 9 heteroatoms. The lowest BCUT2D eigenvalue weighted by atomic mass is 10.0. The summed E-state index contributed by atoms with van der Waals surface area (Å²) in [7, 11) is 0. The zero-order chi connectivity index (χ0) is 21.3. The monoisotopic (exact) mass is 428 g/mol. The molecule has 1 aromatic carbocycles. The average molecular weight is 429 g/mol. The molecule has 0 radical (unpaired) electrons. The molecule has 0 spiro atoms. The predicted molar refractivity (Wildman–Crippen MR) is 118 cm³/mol. The highest BCUT2D eigenvalue weighted by Gasteiger charge is 2.31. The van der Waals surface area contributed by atoms with Gasteiger partial charge in [-0.1, -0.05) is 37.3 Å². The summed E-state index contributed by atoms with van der Waals surface area (Å²) < 4.78 is 14.5. The molecule has 1 saturated heterocycles. The van der Waals surface area contributed by atoms with Crippen molar-refractivity contribution in [3.8, 4) is 10.6 Å². The molecular weight excluding hydrogens is 403 g/mol. The minimum absolute atomic E-state index is 0.0738. The number of rotatable bonds is 4. The second-order valence-corrected chi connectivity index (χ2v) is 9.05. The minimum atomic E-state index is -1.09. The van der Waals surface area contributed by atoms with E-state index in [1.54, 1.807) is 6.20 Å². The number of carbonyl (C=O) groups is 1. The van der Waals surface area contributed by atoms with Crippen molar-refractivity contribution < 1.29 is 9.18 Å². The van der Waals surface area contributed by atoms with Crippen LogP contribution in [0.3, 0.4) is 0 Å². The Morgan fingerprint density at radius 1 is 1.27 bits per heavy atom. The molecule has 3 aromatic rings. The van der Waals surface area contributed by atoms with E-state index < -0.39 is 6.17 Å². The summed E-state index contributed by atoms with van der Waals surface area (Å²) >= 11 is 1.53. The molecule has 0 aliphatic carbocycles.